The number of allylic oxidation sites excluding steroid dienone is 1. The fourth-order valence-electron chi connectivity index (χ4n) is 6.93. The molecule has 0 saturated heterocycles. The van der Waals surface area contributed by atoms with Crippen molar-refractivity contribution in [2.75, 3.05) is 0 Å². The Balaban J connectivity index is 1.68. The zero-order valence-corrected chi connectivity index (χ0v) is 15.0. The van der Waals surface area contributed by atoms with Crippen LogP contribution < -0.4 is 0 Å². The maximum atomic E-state index is 12.9. The van der Waals surface area contributed by atoms with Gasteiger partial charge in [0.25, 0.3) is 0 Å². The maximum Gasteiger partial charge on any atom is 0.142 e. The van der Waals surface area contributed by atoms with Gasteiger partial charge in [-0.3, -0.25) is 4.79 Å². The summed E-state index contributed by atoms with van der Waals surface area (Å²) in [6.07, 6.45) is 10.9. The second-order valence-corrected chi connectivity index (χ2v) is 9.32. The largest absolute Gasteiger partial charge is 0.393 e. The number of hydrogen-bond acceptors (Lipinski definition) is 2. The molecule has 0 aromatic heterocycles. The number of fused-ring (bicyclic) bond motifs is 5. The first-order chi connectivity index (χ1) is 10.9. The van der Waals surface area contributed by atoms with Gasteiger partial charge in [0.15, 0.2) is 0 Å². The molecular formula is C21H32O2. The molecule has 0 aromatic carbocycles. The Bertz CT molecular complexity index is 550. The summed E-state index contributed by atoms with van der Waals surface area (Å²) in [5, 5.41) is 10.1. The number of aliphatic hydroxyl groups excluding tert-OH is 1. The van der Waals surface area contributed by atoms with Crippen molar-refractivity contribution in [3.05, 3.63) is 11.6 Å². The van der Waals surface area contributed by atoms with Gasteiger partial charge >= 0.3 is 0 Å². The molecule has 4 rings (SSSR count). The summed E-state index contributed by atoms with van der Waals surface area (Å²) in [6, 6.07) is 0. The third-order valence-electron chi connectivity index (χ3n) is 8.43. The molecule has 3 fully saturated rings. The number of Topliss-reactive ketones (excluding diaryl/α,β-unsaturated/α-hetero) is 1. The zero-order chi connectivity index (χ0) is 16.4. The molecule has 0 amide bonds. The highest BCUT2D eigenvalue weighted by atomic mass is 16.3. The molecule has 1 N–H and O–H groups in total. The van der Waals surface area contributed by atoms with E-state index in [0.717, 1.165) is 50.9 Å². The molecule has 0 aromatic rings. The van der Waals surface area contributed by atoms with Crippen molar-refractivity contribution in [2.45, 2.75) is 78.2 Å². The predicted molar refractivity (Wildman–Crippen MR) is 91.9 cm³/mol. The van der Waals surface area contributed by atoms with Gasteiger partial charge in [-0.25, -0.2) is 0 Å². The van der Waals surface area contributed by atoms with E-state index in [1.54, 1.807) is 0 Å². The lowest BCUT2D eigenvalue weighted by Crippen LogP contribution is -2.50. The molecule has 2 heteroatoms. The van der Waals surface area contributed by atoms with Gasteiger partial charge in [0.05, 0.1) is 6.10 Å². The van der Waals surface area contributed by atoms with Gasteiger partial charge in [-0.15, -0.1) is 0 Å². The van der Waals surface area contributed by atoms with Crippen LogP contribution in [-0.2, 0) is 4.79 Å². The molecule has 1 unspecified atom stereocenters. The van der Waals surface area contributed by atoms with Crippen molar-refractivity contribution >= 4 is 5.78 Å². The summed E-state index contributed by atoms with van der Waals surface area (Å²) >= 11 is 0. The van der Waals surface area contributed by atoms with Crippen molar-refractivity contribution in [1.82, 2.24) is 0 Å². The summed E-state index contributed by atoms with van der Waals surface area (Å²) in [6.45, 7) is 6.92. The molecule has 2 nitrogen and oxygen atoms in total. The molecule has 4 aliphatic carbocycles. The van der Waals surface area contributed by atoms with Gasteiger partial charge in [-0.1, -0.05) is 32.4 Å². The third kappa shape index (κ3) is 2.06. The van der Waals surface area contributed by atoms with E-state index in [2.05, 4.69) is 26.8 Å². The highest BCUT2D eigenvalue weighted by Gasteiger charge is 2.60. The van der Waals surface area contributed by atoms with Crippen molar-refractivity contribution in [2.24, 2.45) is 34.5 Å². The Hall–Kier alpha value is -0.630. The van der Waals surface area contributed by atoms with Crippen LogP contribution in [0.15, 0.2) is 11.6 Å². The molecule has 23 heavy (non-hydrogen) atoms. The van der Waals surface area contributed by atoms with Crippen LogP contribution in [0.3, 0.4) is 0 Å². The smallest absolute Gasteiger partial charge is 0.142 e. The molecule has 4 aliphatic rings. The monoisotopic (exact) mass is 316 g/mol. The Morgan fingerprint density at radius 2 is 1.91 bits per heavy atom. The van der Waals surface area contributed by atoms with E-state index in [1.807, 2.05) is 0 Å². The molecule has 0 bridgehead atoms. The Labute approximate surface area is 140 Å². The Morgan fingerprint density at radius 1 is 1.17 bits per heavy atom. The summed E-state index contributed by atoms with van der Waals surface area (Å²) < 4.78 is 0. The van der Waals surface area contributed by atoms with E-state index in [4.69, 9.17) is 0 Å². The van der Waals surface area contributed by atoms with Crippen molar-refractivity contribution in [1.29, 1.82) is 0 Å². The minimum absolute atomic E-state index is 0.0439. The van der Waals surface area contributed by atoms with Gasteiger partial charge in [0.1, 0.15) is 5.78 Å². The third-order valence-corrected chi connectivity index (χ3v) is 8.43. The maximum absolute atomic E-state index is 12.9. The minimum Gasteiger partial charge on any atom is -0.393 e. The number of rotatable bonds is 1. The van der Waals surface area contributed by atoms with Crippen LogP contribution in [0.25, 0.3) is 0 Å². The lowest BCUT2D eigenvalue weighted by molar-refractivity contribution is -0.134. The minimum atomic E-state index is -0.128. The van der Waals surface area contributed by atoms with Gasteiger partial charge in [0, 0.05) is 11.3 Å². The van der Waals surface area contributed by atoms with Crippen LogP contribution in [0.4, 0.5) is 0 Å². The van der Waals surface area contributed by atoms with Crippen LogP contribution in [0, 0.1) is 34.5 Å². The van der Waals surface area contributed by atoms with E-state index in [0.29, 0.717) is 23.5 Å². The van der Waals surface area contributed by atoms with Crippen LogP contribution >= 0.6 is 0 Å². The average Bonchev–Trinajstić information content (AvgIpc) is 2.79. The average molecular weight is 316 g/mol. The fourth-order valence-corrected chi connectivity index (χ4v) is 6.93. The van der Waals surface area contributed by atoms with Gasteiger partial charge < -0.3 is 5.11 Å². The van der Waals surface area contributed by atoms with Crippen molar-refractivity contribution in [3.8, 4) is 0 Å². The molecule has 0 radical (unpaired) electrons. The summed E-state index contributed by atoms with van der Waals surface area (Å²) in [5.41, 5.74) is 1.77. The van der Waals surface area contributed by atoms with Crippen LogP contribution in [0.1, 0.15) is 72.1 Å². The Morgan fingerprint density at radius 3 is 2.65 bits per heavy atom. The van der Waals surface area contributed by atoms with Gasteiger partial charge in [0.2, 0.25) is 0 Å². The highest BCUT2D eigenvalue weighted by Crippen LogP contribution is 2.64. The van der Waals surface area contributed by atoms with Crippen LogP contribution in [0.2, 0.25) is 0 Å². The van der Waals surface area contributed by atoms with Gasteiger partial charge in [-0.2, -0.15) is 0 Å². The predicted octanol–water partition coefficient (Wildman–Crippen LogP) is 4.52. The standard InChI is InChI=1S/C21H32O2/c1-4-13-11-18-16-6-5-14-12-15(22)7-9-20(14,2)17(16)8-10-21(18,3)19(13)23/h5,13,15-18,22H,4,6-12H2,1-3H3/t13?,15-,16+,17-,18-,20-,21-/m0/s1. The molecule has 3 saturated carbocycles. The first-order valence-electron chi connectivity index (χ1n) is 9.82. The van der Waals surface area contributed by atoms with Crippen molar-refractivity contribution in [3.63, 3.8) is 0 Å². The van der Waals surface area contributed by atoms with E-state index in [9.17, 15) is 9.90 Å². The summed E-state index contributed by atoms with van der Waals surface area (Å²) in [7, 11) is 0. The number of hydrogen-bond donors (Lipinski definition) is 1. The lowest BCUT2D eigenvalue weighted by atomic mass is 9.48. The fraction of sp³-hybridized carbons (Fsp3) is 0.857. The molecule has 0 spiro atoms. The van der Waals surface area contributed by atoms with E-state index in [-0.39, 0.29) is 16.9 Å². The van der Waals surface area contributed by atoms with Crippen LogP contribution in [-0.4, -0.2) is 17.0 Å². The first-order valence-corrected chi connectivity index (χ1v) is 9.82. The molecule has 7 atom stereocenters. The molecule has 0 heterocycles. The number of ketones is 1. The van der Waals surface area contributed by atoms with E-state index < -0.39 is 0 Å². The SMILES string of the molecule is CCC1C[C@H]2[C@@H]3CC=C4C[C@@H](O)CC[C@]4(C)[C@H]3CC[C@]2(C)C1=O. The highest BCUT2D eigenvalue weighted by molar-refractivity contribution is 5.89. The van der Waals surface area contributed by atoms with Crippen LogP contribution in [0.5, 0.6) is 0 Å². The van der Waals surface area contributed by atoms with E-state index >= 15 is 0 Å². The quantitative estimate of drug-likeness (QED) is 0.722. The van der Waals surface area contributed by atoms with Gasteiger partial charge in [-0.05, 0) is 74.5 Å². The normalized spacial score (nSPS) is 52.4. The second-order valence-electron chi connectivity index (χ2n) is 9.32. The van der Waals surface area contributed by atoms with Crippen molar-refractivity contribution < 1.29 is 9.90 Å². The Kier molecular flexibility index (Phi) is 3.58. The number of carbonyl (C=O) groups excluding carboxylic acids is 1. The molecule has 128 valence electrons. The van der Waals surface area contributed by atoms with E-state index in [1.165, 1.54) is 12.0 Å². The number of carbonyl (C=O) groups is 1. The number of aliphatic hydroxyl groups is 1. The molecule has 0 aliphatic heterocycles. The first kappa shape index (κ1) is 15.9. The zero-order valence-electron chi connectivity index (χ0n) is 15.0. The second kappa shape index (κ2) is 5.18. The summed E-state index contributed by atoms with van der Waals surface area (Å²) in [4.78, 5) is 12.9. The lowest BCUT2D eigenvalue weighted by Gasteiger charge is -2.56. The molecular weight excluding hydrogens is 284 g/mol. The topological polar surface area (TPSA) is 37.3 Å². The summed E-state index contributed by atoms with van der Waals surface area (Å²) in [5.74, 6) is 2.91.